The summed E-state index contributed by atoms with van der Waals surface area (Å²) in [7, 11) is -3.70. The Bertz CT molecular complexity index is 1610. The summed E-state index contributed by atoms with van der Waals surface area (Å²) in [5, 5.41) is 15.2. The number of hydrogen-bond acceptors (Lipinski definition) is 6. The SMILES string of the molecule is O=S(=O)(Nc1cccc(-c2ccc3nnc(-c4cccs4)n3n2)c1)c1ccc2c(c1)CCCC2. The van der Waals surface area contributed by atoms with Crippen LogP contribution < -0.4 is 4.72 Å². The van der Waals surface area contributed by atoms with Crippen molar-refractivity contribution < 1.29 is 8.42 Å². The zero-order valence-electron chi connectivity index (χ0n) is 18.2. The molecule has 0 radical (unpaired) electrons. The molecule has 6 rings (SSSR count). The maximum absolute atomic E-state index is 13.1. The van der Waals surface area contributed by atoms with Gasteiger partial charge in [0.1, 0.15) is 0 Å². The van der Waals surface area contributed by atoms with Gasteiger partial charge in [0.2, 0.25) is 0 Å². The highest BCUT2D eigenvalue weighted by atomic mass is 32.2. The second-order valence-corrected chi connectivity index (χ2v) is 10.9. The van der Waals surface area contributed by atoms with Crippen LogP contribution in [0.4, 0.5) is 5.69 Å². The lowest BCUT2D eigenvalue weighted by Crippen LogP contribution is -2.14. The smallest absolute Gasteiger partial charge is 0.261 e. The summed E-state index contributed by atoms with van der Waals surface area (Å²) in [6.07, 6.45) is 4.21. The number of sulfonamides is 1. The van der Waals surface area contributed by atoms with E-state index in [9.17, 15) is 8.42 Å². The molecule has 3 aromatic heterocycles. The van der Waals surface area contributed by atoms with E-state index in [0.29, 0.717) is 27.7 Å². The predicted molar refractivity (Wildman–Crippen MR) is 133 cm³/mol. The van der Waals surface area contributed by atoms with Crippen molar-refractivity contribution in [3.63, 3.8) is 0 Å². The largest absolute Gasteiger partial charge is 0.280 e. The second-order valence-electron chi connectivity index (χ2n) is 8.31. The third kappa shape index (κ3) is 3.86. The molecule has 0 aliphatic heterocycles. The minimum Gasteiger partial charge on any atom is -0.280 e. The Morgan fingerprint density at radius 2 is 1.76 bits per heavy atom. The highest BCUT2D eigenvalue weighted by Gasteiger charge is 2.18. The Kier molecular flexibility index (Phi) is 5.15. The van der Waals surface area contributed by atoms with Gasteiger partial charge < -0.3 is 0 Å². The molecular weight excluding hydrogens is 466 g/mol. The number of hydrogen-bond donors (Lipinski definition) is 1. The summed E-state index contributed by atoms with van der Waals surface area (Å²) in [5.41, 5.74) is 5.01. The van der Waals surface area contributed by atoms with Gasteiger partial charge in [-0.25, -0.2) is 8.42 Å². The molecule has 1 N–H and O–H groups in total. The molecule has 0 spiro atoms. The molecule has 1 aliphatic carbocycles. The standard InChI is InChI=1S/C25H21N5O2S2/c31-34(32,21-11-10-17-5-1-2-6-18(17)16-21)29-20-8-3-7-19(15-20)22-12-13-24-26-27-25(30(24)28-22)23-9-4-14-33-23/h3-4,7-16,29H,1-2,5-6H2. The lowest BCUT2D eigenvalue weighted by atomic mass is 9.92. The maximum Gasteiger partial charge on any atom is 0.261 e. The number of fused-ring (bicyclic) bond motifs is 2. The average Bonchev–Trinajstić information content (AvgIpc) is 3.53. The summed E-state index contributed by atoms with van der Waals surface area (Å²) >= 11 is 1.57. The quantitative estimate of drug-likeness (QED) is 0.368. The van der Waals surface area contributed by atoms with Gasteiger partial charge in [-0.3, -0.25) is 4.72 Å². The molecule has 0 saturated heterocycles. The van der Waals surface area contributed by atoms with Crippen LogP contribution in [0, 0.1) is 0 Å². The van der Waals surface area contributed by atoms with E-state index in [2.05, 4.69) is 14.9 Å². The number of rotatable bonds is 5. The third-order valence-corrected chi connectivity index (χ3v) is 8.29. The number of aromatic nitrogens is 4. The van der Waals surface area contributed by atoms with Crippen molar-refractivity contribution in [3.05, 3.63) is 83.2 Å². The Hall–Kier alpha value is -3.56. The van der Waals surface area contributed by atoms with Crippen LogP contribution in [0.15, 0.2) is 77.0 Å². The molecule has 9 heteroatoms. The van der Waals surface area contributed by atoms with E-state index in [0.717, 1.165) is 41.7 Å². The van der Waals surface area contributed by atoms with Crippen LogP contribution in [0.25, 0.3) is 27.6 Å². The summed E-state index contributed by atoms with van der Waals surface area (Å²) in [6, 6.07) is 20.4. The van der Waals surface area contributed by atoms with Crippen LogP contribution in [-0.4, -0.2) is 28.2 Å². The first-order chi connectivity index (χ1) is 16.6. The van der Waals surface area contributed by atoms with Crippen molar-refractivity contribution in [1.29, 1.82) is 0 Å². The first-order valence-electron chi connectivity index (χ1n) is 11.1. The van der Waals surface area contributed by atoms with Gasteiger partial charge in [0.25, 0.3) is 10.0 Å². The number of nitrogens with zero attached hydrogens (tertiary/aromatic N) is 4. The number of anilines is 1. The van der Waals surface area contributed by atoms with Gasteiger partial charge >= 0.3 is 0 Å². The molecular formula is C25H21N5O2S2. The van der Waals surface area contributed by atoms with Crippen LogP contribution in [0.2, 0.25) is 0 Å². The fraction of sp³-hybridized carbons (Fsp3) is 0.160. The fourth-order valence-corrected chi connectivity index (χ4v) is 6.13. The van der Waals surface area contributed by atoms with Crippen molar-refractivity contribution in [3.8, 4) is 22.0 Å². The zero-order chi connectivity index (χ0) is 23.1. The molecule has 34 heavy (non-hydrogen) atoms. The molecule has 1 aliphatic rings. The minimum atomic E-state index is -3.70. The number of thiophene rings is 1. The van der Waals surface area contributed by atoms with Gasteiger partial charge in [-0.05, 0) is 84.7 Å². The van der Waals surface area contributed by atoms with Crippen molar-refractivity contribution in [2.75, 3.05) is 4.72 Å². The number of nitrogens with one attached hydrogen (secondary N) is 1. The predicted octanol–water partition coefficient (Wildman–Crippen LogP) is 5.20. The van der Waals surface area contributed by atoms with Gasteiger partial charge in [0.05, 0.1) is 15.5 Å². The second kappa shape index (κ2) is 8.34. The van der Waals surface area contributed by atoms with E-state index in [-0.39, 0.29) is 0 Å². The van der Waals surface area contributed by atoms with Crippen molar-refractivity contribution in [2.45, 2.75) is 30.6 Å². The fourth-order valence-electron chi connectivity index (χ4n) is 4.34. The molecule has 0 fully saturated rings. The minimum absolute atomic E-state index is 0.295. The molecule has 0 amide bonds. The summed E-state index contributed by atoms with van der Waals surface area (Å²) in [5.74, 6) is 0.677. The molecule has 0 bridgehead atoms. The highest BCUT2D eigenvalue weighted by molar-refractivity contribution is 7.92. The van der Waals surface area contributed by atoms with Gasteiger partial charge in [-0.15, -0.1) is 21.5 Å². The molecule has 0 atom stereocenters. The first-order valence-corrected chi connectivity index (χ1v) is 13.4. The first kappa shape index (κ1) is 21.0. The molecule has 2 aromatic carbocycles. The van der Waals surface area contributed by atoms with E-state index in [1.165, 1.54) is 5.56 Å². The summed E-state index contributed by atoms with van der Waals surface area (Å²) < 4.78 is 30.7. The topological polar surface area (TPSA) is 89.2 Å². The maximum atomic E-state index is 13.1. The normalized spacial score (nSPS) is 13.6. The summed E-state index contributed by atoms with van der Waals surface area (Å²) in [6.45, 7) is 0. The lowest BCUT2D eigenvalue weighted by Gasteiger charge is -2.17. The zero-order valence-corrected chi connectivity index (χ0v) is 19.8. The van der Waals surface area contributed by atoms with E-state index in [1.54, 1.807) is 34.1 Å². The third-order valence-electron chi connectivity index (χ3n) is 6.05. The van der Waals surface area contributed by atoms with Crippen LogP contribution in [0.3, 0.4) is 0 Å². The molecule has 3 heterocycles. The Labute approximate surface area is 201 Å². The number of aryl methyl sites for hydroxylation is 2. The van der Waals surface area contributed by atoms with Gasteiger partial charge in [-0.1, -0.05) is 24.3 Å². The van der Waals surface area contributed by atoms with E-state index in [1.807, 2.05) is 53.9 Å². The van der Waals surface area contributed by atoms with Gasteiger partial charge in [0.15, 0.2) is 11.5 Å². The molecule has 170 valence electrons. The Balaban J connectivity index is 1.32. The lowest BCUT2D eigenvalue weighted by molar-refractivity contribution is 0.600. The Morgan fingerprint density at radius 1 is 0.882 bits per heavy atom. The van der Waals surface area contributed by atoms with Crippen molar-refractivity contribution in [2.24, 2.45) is 0 Å². The average molecular weight is 488 g/mol. The number of benzene rings is 2. The van der Waals surface area contributed by atoms with Gasteiger partial charge in [-0.2, -0.15) is 9.61 Å². The van der Waals surface area contributed by atoms with Crippen molar-refractivity contribution in [1.82, 2.24) is 19.8 Å². The molecule has 7 nitrogen and oxygen atoms in total. The Morgan fingerprint density at radius 3 is 2.62 bits per heavy atom. The van der Waals surface area contributed by atoms with Crippen molar-refractivity contribution >= 4 is 32.7 Å². The van der Waals surface area contributed by atoms with Crippen LogP contribution in [0.5, 0.6) is 0 Å². The van der Waals surface area contributed by atoms with Crippen LogP contribution in [-0.2, 0) is 22.9 Å². The van der Waals surface area contributed by atoms with E-state index < -0.39 is 10.0 Å². The molecule has 0 saturated carbocycles. The highest BCUT2D eigenvalue weighted by Crippen LogP contribution is 2.28. The van der Waals surface area contributed by atoms with E-state index >= 15 is 0 Å². The summed E-state index contributed by atoms with van der Waals surface area (Å²) in [4.78, 5) is 1.27. The van der Waals surface area contributed by atoms with Gasteiger partial charge in [0, 0.05) is 11.3 Å². The molecule has 5 aromatic rings. The monoisotopic (exact) mass is 487 g/mol. The molecule has 0 unspecified atom stereocenters. The van der Waals surface area contributed by atoms with E-state index in [4.69, 9.17) is 5.10 Å². The van der Waals surface area contributed by atoms with Crippen LogP contribution >= 0.6 is 11.3 Å². The van der Waals surface area contributed by atoms with Crippen LogP contribution in [0.1, 0.15) is 24.0 Å².